The zero-order chi connectivity index (χ0) is 27.8. The molecule has 13 heteroatoms. The molecule has 212 valence electrons. The fourth-order valence-corrected chi connectivity index (χ4v) is 7.33. The van der Waals surface area contributed by atoms with E-state index in [0.717, 1.165) is 12.1 Å². The van der Waals surface area contributed by atoms with E-state index in [9.17, 15) is 31.2 Å². The molecule has 3 aliphatic heterocycles. The topological polar surface area (TPSA) is 95.0 Å². The van der Waals surface area contributed by atoms with Crippen molar-refractivity contribution >= 4 is 22.0 Å². The van der Waals surface area contributed by atoms with Crippen LogP contribution in [0.4, 0.5) is 13.2 Å². The second-order valence-electron chi connectivity index (χ2n) is 10.4. The number of carbonyl (C=O) groups is 2. The molecule has 2 amide bonds. The highest BCUT2D eigenvalue weighted by molar-refractivity contribution is 7.86. The quantitative estimate of drug-likeness (QED) is 0.557. The normalized spacial score (nSPS) is 23.5. The van der Waals surface area contributed by atoms with Gasteiger partial charge in [0.15, 0.2) is 0 Å². The van der Waals surface area contributed by atoms with Crippen molar-refractivity contribution in [3.05, 3.63) is 59.9 Å². The molecule has 3 aliphatic rings. The summed E-state index contributed by atoms with van der Waals surface area (Å²) in [6, 6.07) is 7.79. The Hall–Kier alpha value is -2.90. The van der Waals surface area contributed by atoms with Crippen molar-refractivity contribution in [2.75, 3.05) is 32.7 Å². The number of amides is 2. The molecular formula is C26H32F3N5O4S. The fraction of sp³-hybridized carbons (Fsp3) is 0.538. The minimum atomic E-state index is -4.43. The fourth-order valence-electron chi connectivity index (χ4n) is 5.56. The Morgan fingerprint density at radius 1 is 0.923 bits per heavy atom. The molecule has 3 fully saturated rings. The first-order valence-electron chi connectivity index (χ1n) is 13.2. The number of carbonyl (C=O) groups excluding carboxylic acids is 2. The number of hydrogen-bond acceptors (Lipinski definition) is 4. The van der Waals surface area contributed by atoms with Crippen molar-refractivity contribution in [1.29, 1.82) is 0 Å². The average molecular weight is 568 g/mol. The van der Waals surface area contributed by atoms with Gasteiger partial charge in [-0.25, -0.2) is 0 Å². The maximum absolute atomic E-state index is 13.5. The van der Waals surface area contributed by atoms with E-state index in [0.29, 0.717) is 57.4 Å². The number of benzene rings is 1. The van der Waals surface area contributed by atoms with Crippen LogP contribution in [0.2, 0.25) is 0 Å². The lowest BCUT2D eigenvalue weighted by Crippen LogP contribution is -2.58. The van der Waals surface area contributed by atoms with Gasteiger partial charge in [0.05, 0.1) is 17.5 Å². The third kappa shape index (κ3) is 5.85. The summed E-state index contributed by atoms with van der Waals surface area (Å²) in [5.41, 5.74) is -0.242. The van der Waals surface area contributed by atoms with Gasteiger partial charge < -0.3 is 14.8 Å². The maximum atomic E-state index is 13.5. The van der Waals surface area contributed by atoms with Gasteiger partial charge in [-0.05, 0) is 55.5 Å². The van der Waals surface area contributed by atoms with Crippen molar-refractivity contribution in [3.8, 4) is 0 Å². The number of aromatic nitrogens is 1. The van der Waals surface area contributed by atoms with Crippen LogP contribution in [-0.2, 0) is 32.5 Å². The van der Waals surface area contributed by atoms with E-state index in [-0.39, 0.29) is 30.9 Å². The summed E-state index contributed by atoms with van der Waals surface area (Å²) >= 11 is 0. The molecule has 39 heavy (non-hydrogen) atoms. The van der Waals surface area contributed by atoms with E-state index in [1.165, 1.54) is 25.6 Å². The molecular weight excluding hydrogens is 535 g/mol. The van der Waals surface area contributed by atoms with E-state index in [2.05, 4.69) is 5.32 Å². The van der Waals surface area contributed by atoms with Gasteiger partial charge >= 0.3 is 6.18 Å². The molecule has 3 saturated heterocycles. The zero-order valence-electron chi connectivity index (χ0n) is 21.4. The molecule has 2 atom stereocenters. The number of nitrogens with zero attached hydrogens (tertiary/aromatic N) is 4. The molecule has 5 rings (SSSR count). The number of hydrogen-bond donors (Lipinski definition) is 1. The molecule has 1 N–H and O–H groups in total. The van der Waals surface area contributed by atoms with Crippen LogP contribution in [0.3, 0.4) is 0 Å². The summed E-state index contributed by atoms with van der Waals surface area (Å²) in [5, 5.41) is 2.74. The van der Waals surface area contributed by atoms with Gasteiger partial charge in [0.25, 0.3) is 10.2 Å². The largest absolute Gasteiger partial charge is 0.416 e. The summed E-state index contributed by atoms with van der Waals surface area (Å²) in [6.45, 7) is 1.67. The van der Waals surface area contributed by atoms with Crippen LogP contribution in [0.25, 0.3) is 0 Å². The van der Waals surface area contributed by atoms with E-state index < -0.39 is 33.9 Å². The Kier molecular flexibility index (Phi) is 7.75. The molecule has 9 nitrogen and oxygen atoms in total. The van der Waals surface area contributed by atoms with Crippen LogP contribution in [0.5, 0.6) is 0 Å². The van der Waals surface area contributed by atoms with Gasteiger partial charge in [-0.3, -0.25) is 9.59 Å². The van der Waals surface area contributed by atoms with Crippen molar-refractivity contribution in [1.82, 2.24) is 23.4 Å². The molecule has 0 aliphatic carbocycles. The minimum absolute atomic E-state index is 0.0464. The maximum Gasteiger partial charge on any atom is 0.416 e. The number of rotatable bonds is 7. The van der Waals surface area contributed by atoms with Gasteiger partial charge in [-0.15, -0.1) is 0 Å². The Morgan fingerprint density at radius 3 is 2.26 bits per heavy atom. The molecule has 0 unspecified atom stereocenters. The van der Waals surface area contributed by atoms with Crippen LogP contribution in [0.1, 0.15) is 42.9 Å². The summed E-state index contributed by atoms with van der Waals surface area (Å²) in [6.07, 6.45) is 1.63. The second-order valence-corrected chi connectivity index (χ2v) is 12.3. The summed E-state index contributed by atoms with van der Waals surface area (Å²) in [4.78, 5) is 27.9. The lowest BCUT2D eigenvalue weighted by atomic mass is 9.97. The Balaban J connectivity index is 1.16. The molecule has 2 aromatic rings. The Morgan fingerprint density at radius 2 is 1.59 bits per heavy atom. The van der Waals surface area contributed by atoms with E-state index >= 15 is 0 Å². The molecule has 0 spiro atoms. The van der Waals surface area contributed by atoms with Gasteiger partial charge in [0.2, 0.25) is 11.8 Å². The smallest absolute Gasteiger partial charge is 0.350 e. The predicted molar refractivity (Wildman–Crippen MR) is 136 cm³/mol. The molecule has 0 saturated carbocycles. The number of piperidine rings is 1. The van der Waals surface area contributed by atoms with E-state index in [4.69, 9.17) is 0 Å². The molecule has 1 aromatic carbocycles. The highest BCUT2D eigenvalue weighted by atomic mass is 32.2. The number of likely N-dealkylation sites (tertiary alicyclic amines) is 1. The van der Waals surface area contributed by atoms with Gasteiger partial charge in [0, 0.05) is 51.7 Å². The number of alkyl halides is 3. The first-order valence-corrected chi connectivity index (χ1v) is 14.6. The van der Waals surface area contributed by atoms with Gasteiger partial charge in [0.1, 0.15) is 6.04 Å². The van der Waals surface area contributed by atoms with E-state index in [1.807, 2.05) is 29.1 Å². The molecule has 4 heterocycles. The third-order valence-electron chi connectivity index (χ3n) is 7.85. The Labute approximate surface area is 225 Å². The van der Waals surface area contributed by atoms with Crippen LogP contribution < -0.4 is 5.32 Å². The zero-order valence-corrected chi connectivity index (χ0v) is 22.2. The number of halogens is 3. The lowest BCUT2D eigenvalue weighted by Gasteiger charge is -2.43. The predicted octanol–water partition coefficient (Wildman–Crippen LogP) is 2.63. The van der Waals surface area contributed by atoms with Crippen LogP contribution in [-0.4, -0.2) is 77.1 Å². The van der Waals surface area contributed by atoms with Crippen molar-refractivity contribution in [3.63, 3.8) is 0 Å². The standard InChI is InChI=1S/C26H32F3N5O4S/c27-26(28,29)21-9-7-19(8-10-21)15-30-24(35)23-6-4-14-34(23)25(36)20-5-3-13-32(16-20)39(37,38)33-17-22(18-33)31-11-1-2-12-31/h1-2,7-12,20,22-23H,3-6,13-18H2,(H,30,35)/t20-,23+/m0/s1. The molecule has 1 aromatic heterocycles. The van der Waals surface area contributed by atoms with Crippen LogP contribution >= 0.6 is 0 Å². The van der Waals surface area contributed by atoms with Gasteiger partial charge in [-0.2, -0.15) is 30.2 Å². The Bertz CT molecular complexity index is 1280. The number of nitrogens with one attached hydrogen (secondary N) is 1. The average Bonchev–Trinajstić information content (AvgIpc) is 3.58. The first kappa shape index (κ1) is 27.7. The minimum Gasteiger partial charge on any atom is -0.350 e. The summed E-state index contributed by atoms with van der Waals surface area (Å²) in [5.74, 6) is -1.12. The van der Waals surface area contributed by atoms with Crippen LogP contribution in [0.15, 0.2) is 48.8 Å². The van der Waals surface area contributed by atoms with Gasteiger partial charge in [-0.1, -0.05) is 12.1 Å². The lowest BCUT2D eigenvalue weighted by molar-refractivity contribution is -0.142. The van der Waals surface area contributed by atoms with Crippen molar-refractivity contribution in [2.45, 2.75) is 50.5 Å². The molecule has 0 bridgehead atoms. The first-order chi connectivity index (χ1) is 18.5. The molecule has 0 radical (unpaired) electrons. The highest BCUT2D eigenvalue weighted by Crippen LogP contribution is 2.31. The van der Waals surface area contributed by atoms with Crippen molar-refractivity contribution < 1.29 is 31.2 Å². The van der Waals surface area contributed by atoms with E-state index in [1.54, 1.807) is 0 Å². The third-order valence-corrected chi connectivity index (χ3v) is 9.79. The van der Waals surface area contributed by atoms with Crippen molar-refractivity contribution in [2.24, 2.45) is 5.92 Å². The van der Waals surface area contributed by atoms with Crippen LogP contribution in [0, 0.1) is 5.92 Å². The summed E-state index contributed by atoms with van der Waals surface area (Å²) in [7, 11) is -3.69. The highest BCUT2D eigenvalue weighted by Gasteiger charge is 2.44. The second kappa shape index (κ2) is 10.9. The monoisotopic (exact) mass is 567 g/mol. The summed E-state index contributed by atoms with van der Waals surface area (Å²) < 4.78 is 69.6. The SMILES string of the molecule is O=C(NCc1ccc(C(F)(F)F)cc1)[C@H]1CCCN1C(=O)[C@H]1CCCN(S(=O)(=O)N2CC(n3cccc3)C2)C1.